The van der Waals surface area contributed by atoms with Crippen LogP contribution in [-0.4, -0.2) is 6.29 Å². The molecule has 11 heavy (non-hydrogen) atoms. The molecule has 5 heteroatoms. The van der Waals surface area contributed by atoms with Gasteiger partial charge < -0.3 is 9.21 Å². The van der Waals surface area contributed by atoms with Crippen molar-refractivity contribution < 1.29 is 22.4 Å². The molecule has 0 atom stereocenters. The Hall–Kier alpha value is -1.26. The summed E-state index contributed by atoms with van der Waals surface area (Å²) in [5.41, 5.74) is 0. The molecule has 1 aromatic rings. The van der Waals surface area contributed by atoms with Crippen LogP contribution in [0.15, 0.2) is 4.42 Å². The summed E-state index contributed by atoms with van der Waals surface area (Å²) in [6.45, 7) is 0. The Balaban J connectivity index is 3.07. The Labute approximate surface area is 59.6 Å². The molecule has 0 aliphatic rings. The molecule has 0 aliphatic carbocycles. The zero-order valence-corrected chi connectivity index (χ0v) is 5.23. The zero-order chi connectivity index (χ0) is 8.43. The Kier molecular flexibility index (Phi) is 1.98. The molecule has 0 radical (unpaired) electrons. The Morgan fingerprint density at radius 3 is 2.27 bits per heavy atom. The molecular weight excluding hydrogens is 161 g/mol. The first-order valence-electron chi connectivity index (χ1n) is 2.72. The third kappa shape index (κ3) is 1.26. The fraction of sp³-hybridized carbons (Fsp3) is 0.167. The highest BCUT2D eigenvalue weighted by atomic mass is 19.2. The number of carbonyl (C=O) groups excluding carboxylic acids is 1. The minimum Gasteiger partial charge on any atom is -0.430 e. The molecule has 0 aliphatic heterocycles. The van der Waals surface area contributed by atoms with Crippen LogP contribution in [0.4, 0.5) is 13.2 Å². The van der Waals surface area contributed by atoms with Crippen LogP contribution in [0.5, 0.6) is 0 Å². The average molecular weight is 164 g/mol. The number of hydrogen-bond donors (Lipinski definition) is 0. The molecule has 0 saturated heterocycles. The average Bonchev–Trinajstić information content (AvgIpc) is 2.19. The smallest absolute Gasteiger partial charge is 0.317 e. The van der Waals surface area contributed by atoms with Gasteiger partial charge in [0.1, 0.15) is 6.29 Å². The molecule has 0 bridgehead atoms. The summed E-state index contributed by atoms with van der Waals surface area (Å²) in [6.07, 6.45) is -0.173. The van der Waals surface area contributed by atoms with Crippen molar-refractivity contribution in [2.45, 2.75) is 6.42 Å². The summed E-state index contributed by atoms with van der Waals surface area (Å²) in [5.74, 6) is -3.73. The van der Waals surface area contributed by atoms with Gasteiger partial charge in [0.25, 0.3) is 0 Å². The summed E-state index contributed by atoms with van der Waals surface area (Å²) in [5, 5.41) is 0. The predicted molar refractivity (Wildman–Crippen MR) is 28.3 cm³/mol. The predicted octanol–water partition coefficient (Wildman–Crippen LogP) is 1.44. The van der Waals surface area contributed by atoms with E-state index in [-0.39, 0.29) is 0 Å². The fourth-order valence-corrected chi connectivity index (χ4v) is 0.613. The first kappa shape index (κ1) is 7.84. The van der Waals surface area contributed by atoms with Gasteiger partial charge in [0.05, 0.1) is 6.42 Å². The van der Waals surface area contributed by atoms with Crippen LogP contribution in [0.25, 0.3) is 0 Å². The molecule has 0 aromatic carbocycles. The van der Waals surface area contributed by atoms with Crippen LogP contribution in [0.3, 0.4) is 0 Å². The Bertz CT molecular complexity index is 280. The lowest BCUT2D eigenvalue weighted by atomic mass is 10.3. The van der Waals surface area contributed by atoms with Crippen molar-refractivity contribution in [1.82, 2.24) is 0 Å². The van der Waals surface area contributed by atoms with E-state index in [4.69, 9.17) is 0 Å². The standard InChI is InChI=1S/C6H3F3O2/c7-4-3(1-2-10)11-6(9)5(4)8/h2H,1H2. The van der Waals surface area contributed by atoms with Gasteiger partial charge in [-0.3, -0.25) is 0 Å². The van der Waals surface area contributed by atoms with Crippen LogP contribution >= 0.6 is 0 Å². The van der Waals surface area contributed by atoms with Crippen molar-refractivity contribution in [3.05, 3.63) is 23.4 Å². The van der Waals surface area contributed by atoms with Crippen LogP contribution in [-0.2, 0) is 11.2 Å². The highest BCUT2D eigenvalue weighted by molar-refractivity contribution is 5.53. The molecule has 1 rings (SSSR count). The first-order valence-corrected chi connectivity index (χ1v) is 2.72. The molecule has 1 aromatic heterocycles. The summed E-state index contributed by atoms with van der Waals surface area (Å²) < 4.78 is 40.4. The van der Waals surface area contributed by atoms with E-state index in [2.05, 4.69) is 4.42 Å². The third-order valence-electron chi connectivity index (χ3n) is 1.09. The van der Waals surface area contributed by atoms with Gasteiger partial charge in [0, 0.05) is 0 Å². The second-order valence-electron chi connectivity index (χ2n) is 1.80. The maximum absolute atomic E-state index is 12.3. The van der Waals surface area contributed by atoms with Gasteiger partial charge in [-0.15, -0.1) is 0 Å². The molecular formula is C6H3F3O2. The number of furan rings is 1. The quantitative estimate of drug-likeness (QED) is 0.619. The van der Waals surface area contributed by atoms with E-state index in [1.165, 1.54) is 0 Å². The minimum absolute atomic E-state index is 0.292. The van der Waals surface area contributed by atoms with Gasteiger partial charge in [0.15, 0.2) is 5.76 Å². The second kappa shape index (κ2) is 2.77. The van der Waals surface area contributed by atoms with E-state index in [9.17, 15) is 18.0 Å². The number of hydrogen-bond acceptors (Lipinski definition) is 2. The van der Waals surface area contributed by atoms with Gasteiger partial charge in [-0.25, -0.2) is 0 Å². The van der Waals surface area contributed by atoms with Gasteiger partial charge in [0.2, 0.25) is 11.6 Å². The SMILES string of the molecule is O=CCc1oc(F)c(F)c1F. The van der Waals surface area contributed by atoms with Gasteiger partial charge in [-0.2, -0.15) is 13.2 Å². The highest BCUT2D eigenvalue weighted by Crippen LogP contribution is 2.17. The van der Waals surface area contributed by atoms with Gasteiger partial charge >= 0.3 is 6.01 Å². The van der Waals surface area contributed by atoms with Crippen molar-refractivity contribution in [2.75, 3.05) is 0 Å². The lowest BCUT2D eigenvalue weighted by molar-refractivity contribution is -0.107. The minimum atomic E-state index is -1.68. The largest absolute Gasteiger partial charge is 0.430 e. The van der Waals surface area contributed by atoms with E-state index >= 15 is 0 Å². The van der Waals surface area contributed by atoms with Crippen molar-refractivity contribution in [3.8, 4) is 0 Å². The lowest BCUT2D eigenvalue weighted by Crippen LogP contribution is -1.86. The molecule has 2 nitrogen and oxygen atoms in total. The summed E-state index contributed by atoms with van der Waals surface area (Å²) in [7, 11) is 0. The molecule has 0 unspecified atom stereocenters. The van der Waals surface area contributed by atoms with Crippen molar-refractivity contribution in [3.63, 3.8) is 0 Å². The third-order valence-corrected chi connectivity index (χ3v) is 1.09. The maximum Gasteiger partial charge on any atom is 0.317 e. The molecule has 0 N–H and O–H groups in total. The van der Waals surface area contributed by atoms with E-state index in [0.29, 0.717) is 6.29 Å². The normalized spacial score (nSPS) is 10.1. The zero-order valence-electron chi connectivity index (χ0n) is 5.23. The summed E-state index contributed by atoms with van der Waals surface area (Å²) in [4.78, 5) is 9.78. The van der Waals surface area contributed by atoms with Gasteiger partial charge in [-0.1, -0.05) is 0 Å². The van der Waals surface area contributed by atoms with Crippen LogP contribution in [0.1, 0.15) is 5.76 Å². The van der Waals surface area contributed by atoms with Crippen LogP contribution in [0, 0.1) is 17.6 Å². The highest BCUT2D eigenvalue weighted by Gasteiger charge is 2.19. The Morgan fingerprint density at radius 2 is 1.91 bits per heavy atom. The maximum atomic E-state index is 12.3. The monoisotopic (exact) mass is 164 g/mol. The van der Waals surface area contributed by atoms with E-state index in [1.807, 2.05) is 0 Å². The summed E-state index contributed by atoms with van der Waals surface area (Å²) >= 11 is 0. The first-order chi connectivity index (χ1) is 5.16. The second-order valence-corrected chi connectivity index (χ2v) is 1.80. The van der Waals surface area contributed by atoms with Crippen LogP contribution in [0.2, 0.25) is 0 Å². The number of rotatable bonds is 2. The lowest BCUT2D eigenvalue weighted by Gasteiger charge is -1.82. The van der Waals surface area contributed by atoms with Crippen molar-refractivity contribution in [1.29, 1.82) is 0 Å². The number of carbonyl (C=O) groups is 1. The van der Waals surface area contributed by atoms with E-state index in [1.54, 1.807) is 0 Å². The van der Waals surface area contributed by atoms with Crippen LogP contribution < -0.4 is 0 Å². The van der Waals surface area contributed by atoms with E-state index in [0.717, 1.165) is 0 Å². The van der Waals surface area contributed by atoms with Gasteiger partial charge in [-0.05, 0) is 0 Å². The van der Waals surface area contributed by atoms with Crippen molar-refractivity contribution in [2.24, 2.45) is 0 Å². The molecule has 0 amide bonds. The molecule has 0 spiro atoms. The molecule has 1 heterocycles. The van der Waals surface area contributed by atoms with Crippen molar-refractivity contribution >= 4 is 6.29 Å². The number of halogens is 3. The van der Waals surface area contributed by atoms with E-state index < -0.39 is 29.8 Å². The number of aldehydes is 1. The summed E-state index contributed by atoms with van der Waals surface area (Å²) in [6, 6.07) is -1.63. The molecule has 0 saturated carbocycles. The molecule has 0 fully saturated rings. The Morgan fingerprint density at radius 1 is 1.27 bits per heavy atom. The topological polar surface area (TPSA) is 30.2 Å². The fourth-order valence-electron chi connectivity index (χ4n) is 0.613. The molecule has 60 valence electrons.